The van der Waals surface area contributed by atoms with Crippen LogP contribution in [0, 0.1) is 0 Å². The maximum Gasteiger partial charge on any atom is 0.335 e. The molecule has 96 valence electrons. The molecule has 5 heteroatoms. The van der Waals surface area contributed by atoms with Crippen LogP contribution >= 0.6 is 0 Å². The fourth-order valence-electron chi connectivity index (χ4n) is 1.86. The van der Waals surface area contributed by atoms with Gasteiger partial charge in [-0.2, -0.15) is 0 Å². The van der Waals surface area contributed by atoms with E-state index in [2.05, 4.69) is 5.32 Å². The highest BCUT2D eigenvalue weighted by atomic mass is 16.5. The van der Waals surface area contributed by atoms with Gasteiger partial charge in [0.1, 0.15) is 0 Å². The zero-order valence-corrected chi connectivity index (χ0v) is 10.1. The molecule has 2 N–H and O–H groups in total. The van der Waals surface area contributed by atoms with Crippen LogP contribution in [0.2, 0.25) is 0 Å². The fourth-order valence-corrected chi connectivity index (χ4v) is 1.86. The molecule has 0 atom stereocenters. The van der Waals surface area contributed by atoms with Crippen LogP contribution in [-0.4, -0.2) is 30.2 Å². The Morgan fingerprint density at radius 2 is 2.06 bits per heavy atom. The lowest BCUT2D eigenvalue weighted by Crippen LogP contribution is -2.24. The molecule has 1 rings (SSSR count). The number of allylic oxidation sites excluding steroid dienone is 1. The van der Waals surface area contributed by atoms with Crippen molar-refractivity contribution in [3.63, 3.8) is 0 Å². The highest BCUT2D eigenvalue weighted by Crippen LogP contribution is 2.23. The number of carbonyl (C=O) groups is 2. The standard InChI is InChI=1S/C12H19NO4/c1-2-17-12(16)9-5-3-4-6-10(9)13-8-7-11(14)15/h13H,2-8H2,1H3,(H,14,15). The molecule has 0 aromatic heterocycles. The molecule has 0 bridgehead atoms. The van der Waals surface area contributed by atoms with Crippen molar-refractivity contribution in [1.29, 1.82) is 0 Å². The SMILES string of the molecule is CCOC(=O)C1=C(NCCC(=O)O)CCCC1. The first-order valence-corrected chi connectivity index (χ1v) is 6.00. The average molecular weight is 241 g/mol. The Morgan fingerprint density at radius 3 is 2.71 bits per heavy atom. The van der Waals surface area contributed by atoms with Gasteiger partial charge in [0.15, 0.2) is 0 Å². The number of rotatable bonds is 6. The summed E-state index contributed by atoms with van der Waals surface area (Å²) in [6.07, 6.45) is 3.58. The molecule has 0 amide bonds. The van der Waals surface area contributed by atoms with Gasteiger partial charge in [-0.3, -0.25) is 4.79 Å². The van der Waals surface area contributed by atoms with E-state index in [4.69, 9.17) is 9.84 Å². The summed E-state index contributed by atoms with van der Waals surface area (Å²) < 4.78 is 4.99. The Hall–Kier alpha value is -1.52. The zero-order valence-electron chi connectivity index (χ0n) is 10.1. The largest absolute Gasteiger partial charge is 0.481 e. The maximum absolute atomic E-state index is 11.7. The number of esters is 1. The molecule has 0 saturated carbocycles. The van der Waals surface area contributed by atoms with Gasteiger partial charge in [0.25, 0.3) is 0 Å². The van der Waals surface area contributed by atoms with Gasteiger partial charge in [-0.05, 0) is 32.6 Å². The number of carboxylic acid groups (broad SMARTS) is 1. The number of aliphatic carboxylic acids is 1. The minimum atomic E-state index is -0.841. The van der Waals surface area contributed by atoms with Crippen molar-refractivity contribution >= 4 is 11.9 Å². The van der Waals surface area contributed by atoms with Crippen LogP contribution in [0.3, 0.4) is 0 Å². The average Bonchev–Trinajstić information content (AvgIpc) is 2.29. The molecule has 1 aliphatic rings. The first-order chi connectivity index (χ1) is 8.15. The predicted molar refractivity (Wildman–Crippen MR) is 62.4 cm³/mol. The number of carboxylic acids is 1. The molecule has 0 radical (unpaired) electrons. The van der Waals surface area contributed by atoms with Crippen molar-refractivity contribution in [3.8, 4) is 0 Å². The molecule has 0 saturated heterocycles. The quantitative estimate of drug-likeness (QED) is 0.688. The van der Waals surface area contributed by atoms with E-state index in [0.717, 1.165) is 25.0 Å². The van der Waals surface area contributed by atoms with Crippen molar-refractivity contribution in [2.24, 2.45) is 0 Å². The normalized spacial score (nSPS) is 15.6. The fraction of sp³-hybridized carbons (Fsp3) is 0.667. The summed E-state index contributed by atoms with van der Waals surface area (Å²) >= 11 is 0. The number of hydrogen-bond donors (Lipinski definition) is 2. The van der Waals surface area contributed by atoms with Crippen molar-refractivity contribution < 1.29 is 19.4 Å². The highest BCUT2D eigenvalue weighted by molar-refractivity contribution is 5.89. The number of hydrogen-bond acceptors (Lipinski definition) is 4. The molecule has 0 heterocycles. The second-order valence-corrected chi connectivity index (χ2v) is 3.96. The van der Waals surface area contributed by atoms with Crippen molar-refractivity contribution in [3.05, 3.63) is 11.3 Å². The summed E-state index contributed by atoms with van der Waals surface area (Å²) in [5, 5.41) is 11.6. The van der Waals surface area contributed by atoms with Gasteiger partial charge < -0.3 is 15.2 Å². The van der Waals surface area contributed by atoms with Crippen LogP contribution in [-0.2, 0) is 14.3 Å². The van der Waals surface area contributed by atoms with Crippen LogP contribution in [0.15, 0.2) is 11.3 Å². The van der Waals surface area contributed by atoms with Gasteiger partial charge in [-0.15, -0.1) is 0 Å². The lowest BCUT2D eigenvalue weighted by atomic mass is 9.96. The van der Waals surface area contributed by atoms with E-state index < -0.39 is 5.97 Å². The van der Waals surface area contributed by atoms with Crippen LogP contribution in [0.5, 0.6) is 0 Å². The molecule has 0 spiro atoms. The van der Waals surface area contributed by atoms with Gasteiger partial charge in [0, 0.05) is 12.2 Å². The molecule has 0 unspecified atom stereocenters. The molecule has 0 fully saturated rings. The lowest BCUT2D eigenvalue weighted by molar-refractivity contribution is -0.139. The number of carbonyl (C=O) groups excluding carboxylic acids is 1. The van der Waals surface area contributed by atoms with E-state index in [0.29, 0.717) is 25.1 Å². The number of ether oxygens (including phenoxy) is 1. The van der Waals surface area contributed by atoms with Crippen molar-refractivity contribution in [1.82, 2.24) is 5.32 Å². The molecule has 0 aromatic rings. The van der Waals surface area contributed by atoms with Gasteiger partial charge in [-0.25, -0.2) is 4.79 Å². The van der Waals surface area contributed by atoms with E-state index in [-0.39, 0.29) is 12.4 Å². The van der Waals surface area contributed by atoms with Crippen LogP contribution in [0.1, 0.15) is 39.0 Å². The monoisotopic (exact) mass is 241 g/mol. The minimum absolute atomic E-state index is 0.0552. The molecular formula is C12H19NO4. The van der Waals surface area contributed by atoms with Crippen molar-refractivity contribution in [2.75, 3.05) is 13.2 Å². The maximum atomic E-state index is 11.7. The second kappa shape index (κ2) is 6.93. The van der Waals surface area contributed by atoms with Gasteiger partial charge in [0.05, 0.1) is 18.6 Å². The summed E-state index contributed by atoms with van der Waals surface area (Å²) in [5.74, 6) is -1.11. The van der Waals surface area contributed by atoms with Gasteiger partial charge >= 0.3 is 11.9 Å². The third-order valence-electron chi connectivity index (χ3n) is 2.67. The third-order valence-corrected chi connectivity index (χ3v) is 2.67. The first kappa shape index (κ1) is 13.5. The summed E-state index contributed by atoms with van der Waals surface area (Å²) in [5.41, 5.74) is 1.54. The Labute approximate surface area is 101 Å². The summed E-state index contributed by atoms with van der Waals surface area (Å²) in [6.45, 7) is 2.50. The summed E-state index contributed by atoms with van der Waals surface area (Å²) in [7, 11) is 0. The third kappa shape index (κ3) is 4.46. The van der Waals surface area contributed by atoms with Crippen LogP contribution in [0.4, 0.5) is 0 Å². The first-order valence-electron chi connectivity index (χ1n) is 6.00. The second-order valence-electron chi connectivity index (χ2n) is 3.96. The Bertz CT molecular complexity index is 322. The molecule has 1 aliphatic carbocycles. The van der Waals surface area contributed by atoms with Gasteiger partial charge in [-0.1, -0.05) is 0 Å². The Morgan fingerprint density at radius 1 is 1.35 bits per heavy atom. The molecule has 0 aliphatic heterocycles. The van der Waals surface area contributed by atoms with Crippen LogP contribution < -0.4 is 5.32 Å². The molecular weight excluding hydrogens is 222 g/mol. The van der Waals surface area contributed by atoms with Crippen molar-refractivity contribution in [2.45, 2.75) is 39.0 Å². The van der Waals surface area contributed by atoms with E-state index >= 15 is 0 Å². The van der Waals surface area contributed by atoms with Crippen LogP contribution in [0.25, 0.3) is 0 Å². The van der Waals surface area contributed by atoms with E-state index in [9.17, 15) is 9.59 Å². The molecule has 17 heavy (non-hydrogen) atoms. The smallest absolute Gasteiger partial charge is 0.335 e. The molecule has 0 aromatic carbocycles. The Balaban J connectivity index is 2.60. The number of nitrogens with one attached hydrogen (secondary N) is 1. The zero-order chi connectivity index (χ0) is 12.7. The minimum Gasteiger partial charge on any atom is -0.481 e. The predicted octanol–water partition coefficient (Wildman–Crippen LogP) is 1.44. The lowest BCUT2D eigenvalue weighted by Gasteiger charge is -2.20. The molecule has 5 nitrogen and oxygen atoms in total. The Kier molecular flexibility index (Phi) is 5.52. The van der Waals surface area contributed by atoms with Gasteiger partial charge in [0.2, 0.25) is 0 Å². The van der Waals surface area contributed by atoms with E-state index in [1.165, 1.54) is 0 Å². The van der Waals surface area contributed by atoms with E-state index in [1.807, 2.05) is 0 Å². The van der Waals surface area contributed by atoms with E-state index in [1.54, 1.807) is 6.92 Å². The highest BCUT2D eigenvalue weighted by Gasteiger charge is 2.19. The summed E-state index contributed by atoms with van der Waals surface area (Å²) in [4.78, 5) is 22.1. The topological polar surface area (TPSA) is 75.6 Å². The summed E-state index contributed by atoms with van der Waals surface area (Å²) in [6, 6.07) is 0.